The Balaban J connectivity index is 1.91. The normalized spacial score (nSPS) is 11.8. The van der Waals surface area contributed by atoms with Crippen LogP contribution < -0.4 is 0 Å². The van der Waals surface area contributed by atoms with Crippen LogP contribution in [0.3, 0.4) is 0 Å². The third-order valence-electron chi connectivity index (χ3n) is 4.29. The van der Waals surface area contributed by atoms with Crippen molar-refractivity contribution in [3.05, 3.63) is 90.0 Å². The first-order valence-corrected chi connectivity index (χ1v) is 8.19. The third kappa shape index (κ3) is 3.08. The molecule has 0 bridgehead atoms. The Morgan fingerprint density at radius 2 is 1.46 bits per heavy atom. The van der Waals surface area contributed by atoms with E-state index in [1.807, 2.05) is 65.2 Å². The molecule has 26 heavy (non-hydrogen) atoms. The summed E-state index contributed by atoms with van der Waals surface area (Å²) in [4.78, 5) is 4.52. The molecule has 0 aliphatic rings. The minimum absolute atomic E-state index is 0.342. The fourth-order valence-corrected chi connectivity index (χ4v) is 3.04. The predicted octanol–water partition coefficient (Wildman–Crippen LogP) is 5.77. The van der Waals surface area contributed by atoms with Crippen LogP contribution in [0.2, 0.25) is 0 Å². The van der Waals surface area contributed by atoms with Crippen LogP contribution in [0.1, 0.15) is 11.1 Å². The van der Waals surface area contributed by atoms with E-state index in [9.17, 15) is 13.2 Å². The highest BCUT2D eigenvalue weighted by atomic mass is 19.4. The molecule has 0 saturated heterocycles. The standard InChI is InChI=1S/C21H15F3N2/c22-21(23,24)17-11-12-19-18(13-17)25-20(16-9-5-2-6-10-16)26(19)14-15-7-3-1-4-8-15/h1-13H,14H2. The second-order valence-electron chi connectivity index (χ2n) is 6.07. The Bertz CT molecular complexity index is 1040. The van der Waals surface area contributed by atoms with Gasteiger partial charge in [0.1, 0.15) is 5.82 Å². The highest BCUT2D eigenvalue weighted by Gasteiger charge is 2.31. The first-order chi connectivity index (χ1) is 12.5. The molecule has 0 amide bonds. The molecule has 5 heteroatoms. The molecule has 0 aliphatic carbocycles. The summed E-state index contributed by atoms with van der Waals surface area (Å²) in [6, 6.07) is 23.0. The van der Waals surface area contributed by atoms with Gasteiger partial charge in [-0.1, -0.05) is 60.7 Å². The van der Waals surface area contributed by atoms with E-state index in [-0.39, 0.29) is 0 Å². The van der Waals surface area contributed by atoms with Crippen LogP contribution in [0, 0.1) is 0 Å². The zero-order valence-electron chi connectivity index (χ0n) is 13.7. The number of rotatable bonds is 3. The largest absolute Gasteiger partial charge is 0.416 e. The Kier molecular flexibility index (Phi) is 3.99. The van der Waals surface area contributed by atoms with Gasteiger partial charge < -0.3 is 4.57 Å². The zero-order chi connectivity index (χ0) is 18.1. The fraction of sp³-hybridized carbons (Fsp3) is 0.0952. The summed E-state index contributed by atoms with van der Waals surface area (Å²) in [7, 11) is 0. The molecule has 0 N–H and O–H groups in total. The zero-order valence-corrected chi connectivity index (χ0v) is 13.7. The monoisotopic (exact) mass is 352 g/mol. The molecule has 0 fully saturated rings. The maximum atomic E-state index is 13.1. The number of alkyl halides is 3. The summed E-state index contributed by atoms with van der Waals surface area (Å²) < 4.78 is 41.1. The van der Waals surface area contributed by atoms with E-state index >= 15 is 0 Å². The summed E-state index contributed by atoms with van der Waals surface area (Å²) in [5.74, 6) is 0.656. The second-order valence-corrected chi connectivity index (χ2v) is 6.07. The molecule has 0 saturated carbocycles. The quantitative estimate of drug-likeness (QED) is 0.458. The molecule has 2 nitrogen and oxygen atoms in total. The molecule has 0 atom stereocenters. The minimum atomic E-state index is -4.38. The van der Waals surface area contributed by atoms with Crippen LogP contribution in [0.5, 0.6) is 0 Å². The van der Waals surface area contributed by atoms with Gasteiger partial charge in [-0.3, -0.25) is 0 Å². The first kappa shape index (κ1) is 16.4. The molecular weight excluding hydrogens is 337 g/mol. The van der Waals surface area contributed by atoms with Gasteiger partial charge in [0.25, 0.3) is 0 Å². The van der Waals surface area contributed by atoms with Crippen LogP contribution in [-0.4, -0.2) is 9.55 Å². The highest BCUT2D eigenvalue weighted by Crippen LogP contribution is 2.33. The van der Waals surface area contributed by atoms with Crippen LogP contribution in [-0.2, 0) is 12.7 Å². The van der Waals surface area contributed by atoms with Crippen LogP contribution in [0.25, 0.3) is 22.4 Å². The van der Waals surface area contributed by atoms with Crippen LogP contribution in [0.15, 0.2) is 78.9 Å². The number of halogens is 3. The van der Waals surface area contributed by atoms with Gasteiger partial charge in [-0.15, -0.1) is 0 Å². The van der Waals surface area contributed by atoms with E-state index in [0.717, 1.165) is 23.3 Å². The number of nitrogens with zero attached hydrogens (tertiary/aromatic N) is 2. The molecule has 0 unspecified atom stereocenters. The van der Waals surface area contributed by atoms with Crippen molar-refractivity contribution in [3.63, 3.8) is 0 Å². The van der Waals surface area contributed by atoms with Gasteiger partial charge in [-0.05, 0) is 23.8 Å². The lowest BCUT2D eigenvalue weighted by Crippen LogP contribution is -2.05. The Morgan fingerprint density at radius 1 is 0.808 bits per heavy atom. The topological polar surface area (TPSA) is 17.8 Å². The second kappa shape index (κ2) is 6.33. The highest BCUT2D eigenvalue weighted by molar-refractivity contribution is 5.81. The van der Waals surface area contributed by atoms with Crippen LogP contribution >= 0.6 is 0 Å². The lowest BCUT2D eigenvalue weighted by molar-refractivity contribution is -0.137. The van der Waals surface area contributed by atoms with Gasteiger partial charge in [-0.2, -0.15) is 13.2 Å². The maximum Gasteiger partial charge on any atom is 0.416 e. The van der Waals surface area contributed by atoms with Gasteiger partial charge in [0.05, 0.1) is 16.6 Å². The first-order valence-electron chi connectivity index (χ1n) is 8.19. The van der Waals surface area contributed by atoms with Crippen molar-refractivity contribution in [2.45, 2.75) is 12.7 Å². The fourth-order valence-electron chi connectivity index (χ4n) is 3.04. The number of fused-ring (bicyclic) bond motifs is 1. The van der Waals surface area contributed by atoms with E-state index in [1.54, 1.807) is 0 Å². The Hall–Kier alpha value is -3.08. The van der Waals surface area contributed by atoms with E-state index in [2.05, 4.69) is 4.98 Å². The molecule has 1 aromatic heterocycles. The SMILES string of the molecule is FC(F)(F)c1ccc2c(c1)nc(-c1ccccc1)n2Cc1ccccc1. The molecule has 0 aliphatic heterocycles. The lowest BCUT2D eigenvalue weighted by Gasteiger charge is -2.10. The molecular formula is C21H15F3N2. The number of hydrogen-bond acceptors (Lipinski definition) is 1. The van der Waals surface area contributed by atoms with E-state index in [1.165, 1.54) is 6.07 Å². The van der Waals surface area contributed by atoms with Crippen molar-refractivity contribution >= 4 is 11.0 Å². The Morgan fingerprint density at radius 3 is 2.12 bits per heavy atom. The number of imidazole rings is 1. The summed E-state index contributed by atoms with van der Waals surface area (Å²) >= 11 is 0. The van der Waals surface area contributed by atoms with Crippen molar-refractivity contribution in [1.29, 1.82) is 0 Å². The van der Waals surface area contributed by atoms with Crippen molar-refractivity contribution in [3.8, 4) is 11.4 Å². The van der Waals surface area contributed by atoms with Crippen molar-refractivity contribution in [1.82, 2.24) is 9.55 Å². The summed E-state index contributed by atoms with van der Waals surface area (Å²) in [6.45, 7) is 0.535. The van der Waals surface area contributed by atoms with Gasteiger partial charge in [0, 0.05) is 12.1 Å². The van der Waals surface area contributed by atoms with Gasteiger partial charge in [-0.25, -0.2) is 4.98 Å². The maximum absolute atomic E-state index is 13.1. The summed E-state index contributed by atoms with van der Waals surface area (Å²) in [6.07, 6.45) is -4.38. The molecule has 0 radical (unpaired) electrons. The summed E-state index contributed by atoms with van der Waals surface area (Å²) in [5, 5.41) is 0. The van der Waals surface area contributed by atoms with Crippen molar-refractivity contribution < 1.29 is 13.2 Å². The van der Waals surface area contributed by atoms with E-state index < -0.39 is 11.7 Å². The Labute approximate surface area is 148 Å². The van der Waals surface area contributed by atoms with Crippen molar-refractivity contribution in [2.24, 2.45) is 0 Å². The molecule has 4 rings (SSSR count). The molecule has 1 heterocycles. The van der Waals surface area contributed by atoms with E-state index in [4.69, 9.17) is 0 Å². The number of aromatic nitrogens is 2. The van der Waals surface area contributed by atoms with Gasteiger partial charge in [0.2, 0.25) is 0 Å². The lowest BCUT2D eigenvalue weighted by atomic mass is 10.1. The van der Waals surface area contributed by atoms with Crippen LogP contribution in [0.4, 0.5) is 13.2 Å². The molecule has 0 spiro atoms. The minimum Gasteiger partial charge on any atom is -0.319 e. The molecule has 4 aromatic rings. The third-order valence-corrected chi connectivity index (χ3v) is 4.29. The number of benzene rings is 3. The molecule has 130 valence electrons. The average molecular weight is 352 g/mol. The summed E-state index contributed by atoms with van der Waals surface area (Å²) in [5.41, 5.74) is 2.27. The molecule has 3 aromatic carbocycles. The van der Waals surface area contributed by atoms with E-state index in [0.29, 0.717) is 23.4 Å². The van der Waals surface area contributed by atoms with Gasteiger partial charge in [0.15, 0.2) is 0 Å². The smallest absolute Gasteiger partial charge is 0.319 e. The van der Waals surface area contributed by atoms with Gasteiger partial charge >= 0.3 is 6.18 Å². The van der Waals surface area contributed by atoms with Crippen molar-refractivity contribution in [2.75, 3.05) is 0 Å². The average Bonchev–Trinajstić information content (AvgIpc) is 3.00. The number of hydrogen-bond donors (Lipinski definition) is 0. The predicted molar refractivity (Wildman–Crippen MR) is 95.7 cm³/mol.